The zero-order valence-electron chi connectivity index (χ0n) is 44.4. The number of benzene rings is 11. The lowest BCUT2D eigenvalue weighted by molar-refractivity contribution is 0.633. The Morgan fingerprint density at radius 3 is 1.48 bits per heavy atom. The van der Waals surface area contributed by atoms with Gasteiger partial charge in [-0.1, -0.05) is 206 Å². The van der Waals surface area contributed by atoms with Crippen molar-refractivity contribution in [3.05, 3.63) is 230 Å². The third-order valence-corrected chi connectivity index (χ3v) is 11.6. The molecule has 61 heavy (non-hydrogen) atoms. The summed E-state index contributed by atoms with van der Waals surface area (Å²) in [6.07, 6.45) is 0. The summed E-state index contributed by atoms with van der Waals surface area (Å²) in [6.45, 7) is 0. The Hall–Kier alpha value is -8.00. The van der Waals surface area contributed by atoms with E-state index in [4.69, 9.17) is 14.0 Å². The Morgan fingerprint density at radius 1 is 0.295 bits per heavy atom. The molecule has 12 aromatic rings. The lowest BCUT2D eigenvalue weighted by Gasteiger charge is -2.19. The SMILES string of the molecule is [2H]c1c([2H])c([2H])c2c(-c3c4c([2H])c([2H])c([2H])c([2H])c4c(-c4ccc5c(ccc6c(-c7ccccc7)cc(-c7ccccc7)cc65)c4)c4c([2H])c([2H])c([2H])c([2H])c34)c(-c3ccccc3-c3ccccc3)oc2c1[2H]. The molecule has 0 saturated carbocycles. The molecule has 0 radical (unpaired) electrons. The van der Waals surface area contributed by atoms with Gasteiger partial charge in [0.1, 0.15) is 11.3 Å². The minimum atomic E-state index is -0.612. The van der Waals surface area contributed by atoms with Crippen molar-refractivity contribution in [3.8, 4) is 67.0 Å². The van der Waals surface area contributed by atoms with Crippen molar-refractivity contribution in [3.63, 3.8) is 0 Å². The molecule has 0 aliphatic rings. The molecule has 0 amide bonds. The Morgan fingerprint density at radius 2 is 0.820 bits per heavy atom. The lowest BCUT2D eigenvalue weighted by atomic mass is 9.83. The molecule has 284 valence electrons. The molecular formula is C60H38O. The summed E-state index contributed by atoms with van der Waals surface area (Å²) in [6, 6.07) is 44.3. The van der Waals surface area contributed by atoms with Crippen LogP contribution in [0.4, 0.5) is 0 Å². The molecule has 0 atom stereocenters. The molecule has 1 heteroatoms. The zero-order chi connectivity index (χ0) is 50.7. The van der Waals surface area contributed by atoms with E-state index in [0.29, 0.717) is 16.7 Å². The maximum absolute atomic E-state index is 9.79. The van der Waals surface area contributed by atoms with E-state index < -0.39 is 72.5 Å². The van der Waals surface area contributed by atoms with Gasteiger partial charge in [-0.15, -0.1) is 0 Å². The van der Waals surface area contributed by atoms with Crippen LogP contribution in [0.25, 0.3) is 121 Å². The van der Waals surface area contributed by atoms with E-state index in [9.17, 15) is 6.85 Å². The molecule has 0 bridgehead atoms. The number of hydrogen-bond acceptors (Lipinski definition) is 1. The molecule has 0 fully saturated rings. The fraction of sp³-hybridized carbons (Fsp3) is 0. The lowest BCUT2D eigenvalue weighted by Crippen LogP contribution is -1.92. The number of rotatable bonds is 6. The van der Waals surface area contributed by atoms with Gasteiger partial charge in [0.25, 0.3) is 0 Å². The van der Waals surface area contributed by atoms with E-state index >= 15 is 0 Å². The zero-order valence-corrected chi connectivity index (χ0v) is 32.4. The van der Waals surface area contributed by atoms with Crippen LogP contribution in [0, 0.1) is 0 Å². The molecule has 0 N–H and O–H groups in total. The first kappa shape index (κ1) is 24.8. The van der Waals surface area contributed by atoms with Crippen LogP contribution in [-0.2, 0) is 0 Å². The number of hydrogen-bond donors (Lipinski definition) is 0. The van der Waals surface area contributed by atoms with E-state index in [1.54, 1.807) is 12.1 Å². The van der Waals surface area contributed by atoms with Gasteiger partial charge in [0.15, 0.2) is 0 Å². The maximum Gasteiger partial charge on any atom is 0.143 e. The van der Waals surface area contributed by atoms with Gasteiger partial charge in [-0.2, -0.15) is 0 Å². The molecule has 11 aromatic carbocycles. The summed E-state index contributed by atoms with van der Waals surface area (Å²) in [5.74, 6) is 0.0129. The number of para-hydroxylation sites is 1. The van der Waals surface area contributed by atoms with Gasteiger partial charge in [-0.25, -0.2) is 0 Å². The molecule has 1 aromatic heterocycles. The number of furan rings is 1. The van der Waals surface area contributed by atoms with Gasteiger partial charge in [0, 0.05) is 22.1 Å². The summed E-state index contributed by atoms with van der Waals surface area (Å²) in [4.78, 5) is 0. The first-order valence-electron chi connectivity index (χ1n) is 26.0. The van der Waals surface area contributed by atoms with Gasteiger partial charge in [0.05, 0.1) is 16.4 Å². The molecular weight excluding hydrogens is 737 g/mol. The predicted molar refractivity (Wildman–Crippen MR) is 259 cm³/mol. The Kier molecular flexibility index (Phi) is 5.85. The van der Waals surface area contributed by atoms with Crippen LogP contribution in [0.15, 0.2) is 235 Å². The van der Waals surface area contributed by atoms with Crippen molar-refractivity contribution in [1.29, 1.82) is 0 Å². The second-order valence-corrected chi connectivity index (χ2v) is 15.0. The topological polar surface area (TPSA) is 13.1 Å². The summed E-state index contributed by atoms with van der Waals surface area (Å²) in [5, 5.41) is 3.15. The quantitative estimate of drug-likeness (QED) is 0.121. The third kappa shape index (κ3) is 5.78. The standard InChI is InChI=1S/C60H38O/c1-4-18-39(19-5-1)44-37-54(41-22-8-3-9-23-41)47-35-32-42-36-43(33-34-46(42)55(47)38-44)57-48-25-11-13-27-50(48)58(51-28-14-12-26-49(51)57)59-53-30-16-17-31-56(53)61-60(59)52-29-15-10-24-45(52)40-20-6-2-7-21-40/h1-38H/i11D,12D,13D,14D,16D,17D,25D,26D,27D,28D,30D,31D. The molecule has 0 spiro atoms. The number of fused-ring (bicyclic) bond motifs is 6. The Labute approximate surface area is 371 Å². The third-order valence-electron chi connectivity index (χ3n) is 11.6. The van der Waals surface area contributed by atoms with E-state index in [0.717, 1.165) is 49.4 Å². The fourth-order valence-electron chi connectivity index (χ4n) is 8.95. The highest BCUT2D eigenvalue weighted by Gasteiger charge is 2.25. The fourth-order valence-corrected chi connectivity index (χ4v) is 8.95. The van der Waals surface area contributed by atoms with Gasteiger partial charge < -0.3 is 4.42 Å². The van der Waals surface area contributed by atoms with Crippen molar-refractivity contribution in [1.82, 2.24) is 0 Å². The molecule has 12 rings (SSSR count). The minimum absolute atomic E-state index is 0.0129. The highest BCUT2D eigenvalue weighted by atomic mass is 16.3. The van der Waals surface area contributed by atoms with Gasteiger partial charge >= 0.3 is 0 Å². The second kappa shape index (κ2) is 14.4. The molecule has 0 saturated heterocycles. The van der Waals surface area contributed by atoms with E-state index in [1.807, 2.05) is 103 Å². The van der Waals surface area contributed by atoms with Crippen LogP contribution in [-0.4, -0.2) is 0 Å². The van der Waals surface area contributed by atoms with Crippen LogP contribution in [0.1, 0.15) is 16.4 Å². The molecule has 0 aliphatic heterocycles. The second-order valence-electron chi connectivity index (χ2n) is 15.0. The van der Waals surface area contributed by atoms with Crippen LogP contribution >= 0.6 is 0 Å². The summed E-state index contributed by atoms with van der Waals surface area (Å²) < 4.78 is 119. The highest BCUT2D eigenvalue weighted by Crippen LogP contribution is 2.51. The molecule has 0 unspecified atom stereocenters. The van der Waals surface area contributed by atoms with Crippen molar-refractivity contribution in [2.45, 2.75) is 0 Å². The Bertz CT molecular complexity index is 4240. The summed E-state index contributed by atoms with van der Waals surface area (Å²) >= 11 is 0. The van der Waals surface area contributed by atoms with Gasteiger partial charge in [-0.3, -0.25) is 0 Å². The molecule has 1 heterocycles. The average Bonchev–Trinajstić information content (AvgIpc) is 3.83. The van der Waals surface area contributed by atoms with Crippen molar-refractivity contribution >= 4 is 54.1 Å². The van der Waals surface area contributed by atoms with Gasteiger partial charge in [-0.05, 0) is 112 Å². The normalized spacial score (nSPS) is 14.4. The van der Waals surface area contributed by atoms with Crippen molar-refractivity contribution in [2.75, 3.05) is 0 Å². The predicted octanol–water partition coefficient (Wildman–Crippen LogP) is 17.0. The monoisotopic (exact) mass is 786 g/mol. The summed E-state index contributed by atoms with van der Waals surface area (Å²) in [5.41, 5.74) is 6.14. The summed E-state index contributed by atoms with van der Waals surface area (Å²) in [7, 11) is 0. The van der Waals surface area contributed by atoms with Crippen LogP contribution in [0.2, 0.25) is 0 Å². The smallest absolute Gasteiger partial charge is 0.143 e. The molecule has 0 aliphatic carbocycles. The van der Waals surface area contributed by atoms with Gasteiger partial charge in [0.2, 0.25) is 0 Å². The van der Waals surface area contributed by atoms with E-state index in [1.165, 1.54) is 0 Å². The van der Waals surface area contributed by atoms with E-state index in [2.05, 4.69) is 42.5 Å². The first-order chi connectivity index (χ1) is 35.3. The van der Waals surface area contributed by atoms with Crippen LogP contribution < -0.4 is 0 Å². The molecule has 1 nitrogen and oxygen atoms in total. The largest absolute Gasteiger partial charge is 0.455 e. The van der Waals surface area contributed by atoms with Crippen LogP contribution in [0.5, 0.6) is 0 Å². The van der Waals surface area contributed by atoms with Crippen molar-refractivity contribution in [2.24, 2.45) is 0 Å². The van der Waals surface area contributed by atoms with E-state index in [-0.39, 0.29) is 55.0 Å². The Balaban J connectivity index is 1.26. The first-order valence-corrected chi connectivity index (χ1v) is 20.0. The van der Waals surface area contributed by atoms with Crippen LogP contribution in [0.3, 0.4) is 0 Å². The maximum atomic E-state index is 9.79. The van der Waals surface area contributed by atoms with Crippen molar-refractivity contribution < 1.29 is 20.9 Å². The average molecular weight is 787 g/mol. The minimum Gasteiger partial charge on any atom is -0.455 e. The highest BCUT2D eigenvalue weighted by molar-refractivity contribution is 6.26.